The predicted octanol–water partition coefficient (Wildman–Crippen LogP) is 2.70. The SMILES string of the molecule is Cc1ccc(OCC(=O)NCCC(=O)Oc2ccc([N+](=O)[O-])cc2)cc1C. The van der Waals surface area contributed by atoms with Crippen LogP contribution in [0.25, 0.3) is 0 Å². The quantitative estimate of drug-likeness (QED) is 0.330. The molecule has 0 aliphatic rings. The summed E-state index contributed by atoms with van der Waals surface area (Å²) < 4.78 is 10.4. The zero-order valence-corrected chi connectivity index (χ0v) is 15.1. The van der Waals surface area contributed by atoms with Crippen LogP contribution in [-0.2, 0) is 9.59 Å². The first-order valence-electron chi connectivity index (χ1n) is 8.27. The normalized spacial score (nSPS) is 10.1. The van der Waals surface area contributed by atoms with E-state index in [1.54, 1.807) is 6.07 Å². The number of ether oxygens (including phenoxy) is 2. The Bertz CT molecular complexity index is 833. The van der Waals surface area contributed by atoms with Crippen molar-refractivity contribution in [3.8, 4) is 11.5 Å². The second-order valence-electron chi connectivity index (χ2n) is 5.86. The van der Waals surface area contributed by atoms with Crippen molar-refractivity contribution in [2.45, 2.75) is 20.3 Å². The van der Waals surface area contributed by atoms with Gasteiger partial charge in [-0.15, -0.1) is 0 Å². The molecule has 8 nitrogen and oxygen atoms in total. The van der Waals surface area contributed by atoms with Gasteiger partial charge in [0, 0.05) is 18.7 Å². The van der Waals surface area contributed by atoms with Crippen LogP contribution in [0, 0.1) is 24.0 Å². The largest absolute Gasteiger partial charge is 0.484 e. The molecule has 1 amide bonds. The number of rotatable bonds is 8. The van der Waals surface area contributed by atoms with E-state index in [4.69, 9.17) is 9.47 Å². The lowest BCUT2D eigenvalue weighted by Crippen LogP contribution is -2.31. The van der Waals surface area contributed by atoms with Gasteiger partial charge in [0.15, 0.2) is 6.61 Å². The van der Waals surface area contributed by atoms with Gasteiger partial charge in [-0.05, 0) is 49.2 Å². The van der Waals surface area contributed by atoms with Gasteiger partial charge in [0.25, 0.3) is 11.6 Å². The maximum Gasteiger partial charge on any atom is 0.312 e. The maximum atomic E-state index is 11.8. The summed E-state index contributed by atoms with van der Waals surface area (Å²) in [6.45, 7) is 3.89. The van der Waals surface area contributed by atoms with Crippen LogP contribution in [0.5, 0.6) is 11.5 Å². The molecule has 0 aliphatic heterocycles. The van der Waals surface area contributed by atoms with Crippen LogP contribution in [0.3, 0.4) is 0 Å². The van der Waals surface area contributed by atoms with Crippen LogP contribution in [0.1, 0.15) is 17.5 Å². The Kier molecular flexibility index (Phi) is 6.87. The number of nitro benzene ring substituents is 1. The average Bonchev–Trinajstić information content (AvgIpc) is 2.63. The fraction of sp³-hybridized carbons (Fsp3) is 0.263. The minimum absolute atomic E-state index is 0.0353. The van der Waals surface area contributed by atoms with E-state index in [0.29, 0.717) is 5.75 Å². The Morgan fingerprint density at radius 2 is 1.70 bits per heavy atom. The third-order valence-electron chi connectivity index (χ3n) is 3.78. The van der Waals surface area contributed by atoms with Crippen molar-refractivity contribution in [2.24, 2.45) is 0 Å². The molecule has 0 saturated heterocycles. The number of benzene rings is 2. The van der Waals surface area contributed by atoms with E-state index in [-0.39, 0.29) is 36.9 Å². The third kappa shape index (κ3) is 6.43. The molecular formula is C19H20N2O6. The molecule has 0 atom stereocenters. The van der Waals surface area contributed by atoms with Crippen molar-refractivity contribution in [3.63, 3.8) is 0 Å². The summed E-state index contributed by atoms with van der Waals surface area (Å²) in [6.07, 6.45) is -0.0353. The number of carbonyl (C=O) groups excluding carboxylic acids is 2. The van der Waals surface area contributed by atoms with Gasteiger partial charge in [-0.3, -0.25) is 19.7 Å². The van der Waals surface area contributed by atoms with Crippen LogP contribution < -0.4 is 14.8 Å². The highest BCUT2D eigenvalue weighted by Gasteiger charge is 2.09. The lowest BCUT2D eigenvalue weighted by molar-refractivity contribution is -0.384. The second kappa shape index (κ2) is 9.33. The summed E-state index contributed by atoms with van der Waals surface area (Å²) in [5.41, 5.74) is 2.12. The number of nitrogens with zero attached hydrogens (tertiary/aromatic N) is 1. The van der Waals surface area contributed by atoms with Crippen molar-refractivity contribution in [1.82, 2.24) is 5.32 Å². The van der Waals surface area contributed by atoms with Gasteiger partial charge < -0.3 is 14.8 Å². The molecule has 0 saturated carbocycles. The van der Waals surface area contributed by atoms with Crippen molar-refractivity contribution in [2.75, 3.05) is 13.2 Å². The zero-order chi connectivity index (χ0) is 19.8. The van der Waals surface area contributed by atoms with Gasteiger partial charge in [-0.1, -0.05) is 6.07 Å². The standard InChI is InChI=1S/C19H20N2O6/c1-13-3-6-17(11-14(13)2)26-12-18(22)20-10-9-19(23)27-16-7-4-15(5-8-16)21(24)25/h3-8,11H,9-10,12H2,1-2H3,(H,20,22). The first-order valence-corrected chi connectivity index (χ1v) is 8.27. The van der Waals surface area contributed by atoms with E-state index in [1.165, 1.54) is 24.3 Å². The van der Waals surface area contributed by atoms with Crippen LogP contribution in [0.15, 0.2) is 42.5 Å². The summed E-state index contributed by atoms with van der Waals surface area (Å²) in [6, 6.07) is 10.7. The molecule has 2 rings (SSSR count). The number of non-ortho nitro benzene ring substituents is 1. The zero-order valence-electron chi connectivity index (χ0n) is 15.1. The molecule has 0 aliphatic carbocycles. The number of carbonyl (C=O) groups is 2. The Labute approximate surface area is 156 Å². The maximum absolute atomic E-state index is 11.8. The monoisotopic (exact) mass is 372 g/mol. The number of esters is 1. The molecule has 0 spiro atoms. The molecule has 0 bridgehead atoms. The highest BCUT2D eigenvalue weighted by Crippen LogP contribution is 2.18. The van der Waals surface area contributed by atoms with Crippen LogP contribution in [-0.4, -0.2) is 30.0 Å². The Morgan fingerprint density at radius 1 is 1.04 bits per heavy atom. The lowest BCUT2D eigenvalue weighted by Gasteiger charge is -2.09. The van der Waals surface area contributed by atoms with Gasteiger partial charge in [-0.2, -0.15) is 0 Å². The summed E-state index contributed by atoms with van der Waals surface area (Å²) in [7, 11) is 0. The van der Waals surface area contributed by atoms with E-state index >= 15 is 0 Å². The molecule has 0 unspecified atom stereocenters. The first-order chi connectivity index (χ1) is 12.8. The molecule has 0 fully saturated rings. The van der Waals surface area contributed by atoms with Gasteiger partial charge in [-0.25, -0.2) is 0 Å². The van der Waals surface area contributed by atoms with Gasteiger partial charge in [0.2, 0.25) is 0 Å². The smallest absolute Gasteiger partial charge is 0.312 e. The number of amides is 1. The molecule has 8 heteroatoms. The molecule has 2 aromatic carbocycles. The van der Waals surface area contributed by atoms with Gasteiger partial charge in [0.05, 0.1) is 11.3 Å². The minimum Gasteiger partial charge on any atom is -0.484 e. The molecule has 142 valence electrons. The molecule has 0 aromatic heterocycles. The average molecular weight is 372 g/mol. The number of nitrogens with one attached hydrogen (secondary N) is 1. The van der Waals surface area contributed by atoms with E-state index < -0.39 is 10.9 Å². The minimum atomic E-state index is -0.556. The van der Waals surface area contributed by atoms with Crippen molar-refractivity contribution >= 4 is 17.6 Å². The summed E-state index contributed by atoms with van der Waals surface area (Å²) >= 11 is 0. The fourth-order valence-electron chi connectivity index (χ4n) is 2.13. The number of nitro groups is 1. The Hall–Kier alpha value is -3.42. The van der Waals surface area contributed by atoms with Crippen molar-refractivity contribution < 1.29 is 24.0 Å². The highest BCUT2D eigenvalue weighted by molar-refractivity contribution is 5.78. The Balaban J connectivity index is 1.68. The molecule has 1 N–H and O–H groups in total. The fourth-order valence-corrected chi connectivity index (χ4v) is 2.13. The van der Waals surface area contributed by atoms with Crippen LogP contribution >= 0.6 is 0 Å². The van der Waals surface area contributed by atoms with E-state index in [0.717, 1.165) is 11.1 Å². The molecule has 2 aromatic rings. The number of hydrogen-bond donors (Lipinski definition) is 1. The van der Waals surface area contributed by atoms with Crippen LogP contribution in [0.2, 0.25) is 0 Å². The first kappa shape index (κ1) is 19.9. The third-order valence-corrected chi connectivity index (χ3v) is 3.78. The summed E-state index contributed by atoms with van der Waals surface area (Å²) in [5, 5.41) is 13.1. The van der Waals surface area contributed by atoms with E-state index in [1.807, 2.05) is 26.0 Å². The van der Waals surface area contributed by atoms with Gasteiger partial charge in [0.1, 0.15) is 11.5 Å². The van der Waals surface area contributed by atoms with Gasteiger partial charge >= 0.3 is 5.97 Å². The molecule has 0 heterocycles. The van der Waals surface area contributed by atoms with Crippen molar-refractivity contribution in [3.05, 3.63) is 63.7 Å². The topological polar surface area (TPSA) is 108 Å². The number of hydrogen-bond acceptors (Lipinski definition) is 6. The predicted molar refractivity (Wildman–Crippen MR) is 97.8 cm³/mol. The molecule has 0 radical (unpaired) electrons. The van der Waals surface area contributed by atoms with Crippen molar-refractivity contribution in [1.29, 1.82) is 0 Å². The summed E-state index contributed by atoms with van der Waals surface area (Å²) in [5.74, 6) is -0.101. The molecule has 27 heavy (non-hydrogen) atoms. The highest BCUT2D eigenvalue weighted by atomic mass is 16.6. The van der Waals surface area contributed by atoms with Crippen LogP contribution in [0.4, 0.5) is 5.69 Å². The van der Waals surface area contributed by atoms with E-state index in [9.17, 15) is 19.7 Å². The lowest BCUT2D eigenvalue weighted by atomic mass is 10.1. The Morgan fingerprint density at radius 3 is 2.33 bits per heavy atom. The molecular weight excluding hydrogens is 352 g/mol. The number of aryl methyl sites for hydroxylation is 2. The van der Waals surface area contributed by atoms with E-state index in [2.05, 4.69) is 5.32 Å². The second-order valence-corrected chi connectivity index (χ2v) is 5.86. The summed E-state index contributed by atoms with van der Waals surface area (Å²) in [4.78, 5) is 33.5.